The zero-order valence-corrected chi connectivity index (χ0v) is 9.27. The quantitative estimate of drug-likeness (QED) is 0.828. The summed E-state index contributed by atoms with van der Waals surface area (Å²) in [5.41, 5.74) is -0.0506. The van der Waals surface area contributed by atoms with Gasteiger partial charge in [0, 0.05) is 12.6 Å². The molecule has 5 heteroatoms. The molecule has 17 heavy (non-hydrogen) atoms. The smallest absolute Gasteiger partial charge is 0.258 e. The van der Waals surface area contributed by atoms with Gasteiger partial charge in [-0.3, -0.25) is 4.79 Å². The molecule has 92 valence electrons. The average Bonchev–Trinajstić information content (AvgIpc) is 3.12. The summed E-state index contributed by atoms with van der Waals surface area (Å²) in [4.78, 5) is 13.6. The molecule has 4 nitrogen and oxygen atoms in total. The Balaban J connectivity index is 2.24. The number of benzene rings is 1. The Morgan fingerprint density at radius 3 is 2.76 bits per heavy atom. The van der Waals surface area contributed by atoms with Gasteiger partial charge in [0.1, 0.15) is 11.6 Å². The molecule has 1 aliphatic carbocycles. The second-order valence-corrected chi connectivity index (χ2v) is 4.11. The van der Waals surface area contributed by atoms with E-state index >= 15 is 0 Å². The highest BCUT2D eigenvalue weighted by atomic mass is 19.1. The summed E-state index contributed by atoms with van der Waals surface area (Å²) in [7, 11) is 0. The van der Waals surface area contributed by atoms with Crippen LogP contribution in [0.3, 0.4) is 0 Å². The van der Waals surface area contributed by atoms with Crippen molar-refractivity contribution in [1.82, 2.24) is 4.90 Å². The molecule has 0 heterocycles. The molecule has 0 radical (unpaired) electrons. The predicted molar refractivity (Wildman–Crippen MR) is 59.2 cm³/mol. The maximum absolute atomic E-state index is 13.0. The summed E-state index contributed by atoms with van der Waals surface area (Å²) >= 11 is 0. The third-order valence-electron chi connectivity index (χ3n) is 2.78. The number of halogens is 1. The van der Waals surface area contributed by atoms with Crippen LogP contribution in [0.1, 0.15) is 23.2 Å². The molecule has 1 aliphatic rings. The first kappa shape index (κ1) is 11.9. The number of hydrogen-bond donors (Lipinski definition) is 2. The van der Waals surface area contributed by atoms with E-state index in [1.807, 2.05) is 0 Å². The van der Waals surface area contributed by atoms with Gasteiger partial charge in [0.25, 0.3) is 5.91 Å². The molecule has 1 aromatic rings. The summed E-state index contributed by atoms with van der Waals surface area (Å²) in [5, 5.41) is 18.5. The molecule has 1 aromatic carbocycles. The predicted octanol–water partition coefficient (Wildman–Crippen LogP) is 1.13. The van der Waals surface area contributed by atoms with Crippen LogP contribution in [0, 0.1) is 5.82 Å². The summed E-state index contributed by atoms with van der Waals surface area (Å²) in [6.45, 7) is 0.0672. The Morgan fingerprint density at radius 2 is 2.18 bits per heavy atom. The van der Waals surface area contributed by atoms with Crippen LogP contribution in [0.5, 0.6) is 5.75 Å². The number of aliphatic hydroxyl groups is 1. The van der Waals surface area contributed by atoms with E-state index < -0.39 is 11.7 Å². The number of rotatable bonds is 4. The number of hydrogen-bond acceptors (Lipinski definition) is 3. The topological polar surface area (TPSA) is 60.8 Å². The lowest BCUT2D eigenvalue weighted by Gasteiger charge is -2.21. The van der Waals surface area contributed by atoms with Gasteiger partial charge in [0.2, 0.25) is 0 Å². The first-order chi connectivity index (χ1) is 8.13. The van der Waals surface area contributed by atoms with Crippen molar-refractivity contribution in [2.45, 2.75) is 18.9 Å². The first-order valence-electron chi connectivity index (χ1n) is 5.54. The van der Waals surface area contributed by atoms with E-state index in [9.17, 15) is 14.3 Å². The van der Waals surface area contributed by atoms with E-state index in [-0.39, 0.29) is 30.5 Å². The second kappa shape index (κ2) is 4.71. The highest BCUT2D eigenvalue weighted by Gasteiger charge is 2.33. The van der Waals surface area contributed by atoms with E-state index in [0.29, 0.717) is 0 Å². The van der Waals surface area contributed by atoms with Crippen LogP contribution in [0.4, 0.5) is 4.39 Å². The Bertz CT molecular complexity index is 432. The molecule has 2 rings (SSSR count). The van der Waals surface area contributed by atoms with Crippen LogP contribution in [0.25, 0.3) is 0 Å². The third-order valence-corrected chi connectivity index (χ3v) is 2.78. The molecule has 0 bridgehead atoms. The number of aromatic hydroxyl groups is 1. The maximum Gasteiger partial charge on any atom is 0.258 e. The lowest BCUT2D eigenvalue weighted by atomic mass is 10.1. The highest BCUT2D eigenvalue weighted by Crippen LogP contribution is 2.29. The largest absolute Gasteiger partial charge is 0.507 e. The van der Waals surface area contributed by atoms with Gasteiger partial charge < -0.3 is 15.1 Å². The number of aliphatic hydroxyl groups excluding tert-OH is 1. The summed E-state index contributed by atoms with van der Waals surface area (Å²) in [6, 6.07) is 3.38. The third kappa shape index (κ3) is 2.55. The summed E-state index contributed by atoms with van der Waals surface area (Å²) < 4.78 is 13.0. The van der Waals surface area contributed by atoms with Crippen LogP contribution in [-0.2, 0) is 0 Å². The minimum absolute atomic E-state index is 0.0506. The second-order valence-electron chi connectivity index (χ2n) is 4.11. The van der Waals surface area contributed by atoms with Crippen molar-refractivity contribution in [2.24, 2.45) is 0 Å². The highest BCUT2D eigenvalue weighted by molar-refractivity contribution is 5.97. The van der Waals surface area contributed by atoms with Crippen molar-refractivity contribution in [3.8, 4) is 5.75 Å². The van der Waals surface area contributed by atoms with Crippen molar-refractivity contribution in [2.75, 3.05) is 13.2 Å². The lowest BCUT2D eigenvalue weighted by Crippen LogP contribution is -2.35. The van der Waals surface area contributed by atoms with Crippen LogP contribution >= 0.6 is 0 Å². The van der Waals surface area contributed by atoms with Crippen LogP contribution in [-0.4, -0.2) is 40.2 Å². The summed E-state index contributed by atoms with van der Waals surface area (Å²) in [6.07, 6.45) is 1.78. The van der Waals surface area contributed by atoms with E-state index in [1.165, 1.54) is 4.90 Å². The van der Waals surface area contributed by atoms with Crippen LogP contribution in [0.2, 0.25) is 0 Å². The number of carbonyl (C=O) groups is 1. The van der Waals surface area contributed by atoms with Gasteiger partial charge in [-0.1, -0.05) is 0 Å². The number of nitrogens with zero attached hydrogens (tertiary/aromatic N) is 1. The molecule has 0 unspecified atom stereocenters. The SMILES string of the molecule is O=C(c1cc(F)ccc1O)N(CCO)C1CC1. The van der Waals surface area contributed by atoms with Gasteiger partial charge in [0.15, 0.2) is 0 Å². The van der Waals surface area contributed by atoms with E-state index in [1.54, 1.807) is 0 Å². The lowest BCUT2D eigenvalue weighted by molar-refractivity contribution is 0.0704. The standard InChI is InChI=1S/C12H14FNO3/c13-8-1-4-11(16)10(7-8)12(17)14(5-6-15)9-2-3-9/h1,4,7,9,15-16H,2-3,5-6H2. The molecule has 1 fully saturated rings. The summed E-state index contributed by atoms with van der Waals surface area (Å²) in [5.74, 6) is -1.23. The normalized spacial score (nSPS) is 14.7. The Kier molecular flexibility index (Phi) is 3.28. The van der Waals surface area contributed by atoms with Crippen molar-refractivity contribution >= 4 is 5.91 Å². The van der Waals surface area contributed by atoms with E-state index in [0.717, 1.165) is 31.0 Å². The number of phenolic OH excluding ortho intramolecular Hbond substituents is 1. The number of carbonyl (C=O) groups excluding carboxylic acids is 1. The molecule has 1 saturated carbocycles. The van der Waals surface area contributed by atoms with Crippen LogP contribution < -0.4 is 0 Å². The minimum Gasteiger partial charge on any atom is -0.507 e. The Morgan fingerprint density at radius 1 is 1.47 bits per heavy atom. The average molecular weight is 239 g/mol. The molecular formula is C12H14FNO3. The Labute approximate surface area is 98.3 Å². The molecule has 0 spiro atoms. The van der Waals surface area contributed by atoms with Crippen molar-refractivity contribution in [1.29, 1.82) is 0 Å². The van der Waals surface area contributed by atoms with Gasteiger partial charge in [-0.15, -0.1) is 0 Å². The monoisotopic (exact) mass is 239 g/mol. The van der Waals surface area contributed by atoms with E-state index in [2.05, 4.69) is 0 Å². The van der Waals surface area contributed by atoms with Crippen LogP contribution in [0.15, 0.2) is 18.2 Å². The van der Waals surface area contributed by atoms with Gasteiger partial charge in [0.05, 0.1) is 12.2 Å². The fourth-order valence-electron chi connectivity index (χ4n) is 1.78. The molecule has 0 atom stereocenters. The zero-order valence-electron chi connectivity index (χ0n) is 9.27. The molecular weight excluding hydrogens is 225 g/mol. The Hall–Kier alpha value is -1.62. The fourth-order valence-corrected chi connectivity index (χ4v) is 1.78. The van der Waals surface area contributed by atoms with Gasteiger partial charge in [-0.2, -0.15) is 0 Å². The zero-order chi connectivity index (χ0) is 12.4. The van der Waals surface area contributed by atoms with Crippen molar-refractivity contribution in [3.63, 3.8) is 0 Å². The van der Waals surface area contributed by atoms with Gasteiger partial charge in [-0.05, 0) is 31.0 Å². The van der Waals surface area contributed by atoms with Gasteiger partial charge >= 0.3 is 0 Å². The van der Waals surface area contributed by atoms with E-state index in [4.69, 9.17) is 5.11 Å². The molecule has 2 N–H and O–H groups in total. The minimum atomic E-state index is -0.564. The first-order valence-corrected chi connectivity index (χ1v) is 5.54. The van der Waals surface area contributed by atoms with Crippen molar-refractivity contribution < 1.29 is 19.4 Å². The number of amides is 1. The van der Waals surface area contributed by atoms with Crippen molar-refractivity contribution in [3.05, 3.63) is 29.6 Å². The molecule has 0 aliphatic heterocycles. The van der Waals surface area contributed by atoms with Gasteiger partial charge in [-0.25, -0.2) is 4.39 Å². The number of phenols is 1. The fraction of sp³-hybridized carbons (Fsp3) is 0.417. The molecule has 0 aromatic heterocycles. The maximum atomic E-state index is 13.0. The molecule has 1 amide bonds. The molecule has 0 saturated heterocycles.